The molecule has 0 spiro atoms. The molecular weight excluding hydrogens is 163 g/mol. The van der Waals surface area contributed by atoms with Crippen LogP contribution >= 0.6 is 0 Å². The van der Waals surface area contributed by atoms with Crippen molar-refractivity contribution in [2.45, 2.75) is 6.42 Å². The molecule has 1 heteroatoms. The van der Waals surface area contributed by atoms with Crippen molar-refractivity contribution < 1.29 is 19.5 Å². The summed E-state index contributed by atoms with van der Waals surface area (Å²) in [5.74, 6) is 0. The number of rotatable bonds is 0. The summed E-state index contributed by atoms with van der Waals surface area (Å²) in [6.07, 6.45) is 9.50. The topological polar surface area (TPSA) is 0 Å². The molecule has 0 aromatic rings. The molecule has 0 amide bonds. The van der Waals surface area contributed by atoms with E-state index in [4.69, 9.17) is 0 Å². The minimum atomic E-state index is 0. The third-order valence-electron chi connectivity index (χ3n) is 0.655. The van der Waals surface area contributed by atoms with Gasteiger partial charge in [-0.2, -0.15) is 0 Å². The Kier molecular flexibility index (Phi) is 3.36. The fourth-order valence-electron chi connectivity index (χ4n) is 0.393. The third-order valence-corrected chi connectivity index (χ3v) is 0.655. The number of hydrogen-bond donors (Lipinski definition) is 0. The second-order valence-corrected chi connectivity index (χ2v) is 1.09. The molecule has 0 saturated heterocycles. The zero-order valence-electron chi connectivity index (χ0n) is 3.35. The Morgan fingerprint density at radius 2 is 1.50 bits per heavy atom. The molecule has 1 rings (SSSR count). The zero-order valence-corrected chi connectivity index (χ0v) is 4.99. The molecule has 0 aliphatic heterocycles. The van der Waals surface area contributed by atoms with Gasteiger partial charge in [-0.1, -0.05) is 24.3 Å². The van der Waals surface area contributed by atoms with Gasteiger partial charge in [0.25, 0.3) is 0 Å². The molecule has 0 unspecified atom stereocenters. The molecule has 35 valence electrons. The first-order valence-electron chi connectivity index (χ1n) is 1.82. The van der Waals surface area contributed by atoms with E-state index >= 15 is 0 Å². The molecule has 1 aliphatic carbocycles. The molecule has 0 nitrogen and oxygen atoms in total. The van der Waals surface area contributed by atoms with Gasteiger partial charge in [0, 0.05) is 19.5 Å². The van der Waals surface area contributed by atoms with Gasteiger partial charge >= 0.3 is 0 Å². The molecule has 0 aromatic heterocycles. The van der Waals surface area contributed by atoms with Crippen LogP contribution in [0.25, 0.3) is 0 Å². The smallest absolute Gasteiger partial charge is 0 e. The molecule has 0 aromatic carbocycles. The average Bonchev–Trinajstić information content (AvgIpc) is 1.76. The summed E-state index contributed by atoms with van der Waals surface area (Å²) < 4.78 is 0. The van der Waals surface area contributed by atoms with E-state index in [0.717, 1.165) is 6.42 Å². The van der Waals surface area contributed by atoms with Crippen molar-refractivity contribution in [2.24, 2.45) is 0 Å². The van der Waals surface area contributed by atoms with Crippen molar-refractivity contribution >= 4 is 0 Å². The summed E-state index contributed by atoms with van der Waals surface area (Å²) >= 11 is 0. The Labute approximate surface area is 50.7 Å². The minimum Gasteiger partial charge on any atom is -0.0808 e. The van der Waals surface area contributed by atoms with Gasteiger partial charge in [-0.15, -0.1) is 0 Å². The van der Waals surface area contributed by atoms with E-state index < -0.39 is 0 Å². The van der Waals surface area contributed by atoms with Crippen LogP contribution in [0.5, 0.6) is 0 Å². The molecule has 6 heavy (non-hydrogen) atoms. The van der Waals surface area contributed by atoms with E-state index in [1.807, 2.05) is 0 Å². The Bertz CT molecular complexity index is 62.0. The Hall–Kier alpha value is 0.103. The van der Waals surface area contributed by atoms with Crippen LogP contribution in [-0.2, 0) is 19.5 Å². The minimum absolute atomic E-state index is 0. The fraction of sp³-hybridized carbons (Fsp3) is 0.200. The van der Waals surface area contributed by atoms with Gasteiger partial charge in [-0.25, -0.2) is 0 Å². The van der Waals surface area contributed by atoms with Crippen molar-refractivity contribution in [3.8, 4) is 0 Å². The maximum atomic E-state index is 2.12. The van der Waals surface area contributed by atoms with Crippen molar-refractivity contribution in [3.63, 3.8) is 0 Å². The van der Waals surface area contributed by atoms with Crippen molar-refractivity contribution in [2.75, 3.05) is 0 Å². The molecule has 0 N–H and O–H groups in total. The van der Waals surface area contributed by atoms with E-state index in [9.17, 15) is 0 Å². The van der Waals surface area contributed by atoms with Crippen molar-refractivity contribution in [3.05, 3.63) is 24.3 Å². The predicted octanol–water partition coefficient (Wildman–Crippen LogP) is 1.50. The van der Waals surface area contributed by atoms with Crippen molar-refractivity contribution in [1.82, 2.24) is 0 Å². The van der Waals surface area contributed by atoms with Crippen LogP contribution in [-0.4, -0.2) is 0 Å². The van der Waals surface area contributed by atoms with Crippen LogP contribution < -0.4 is 0 Å². The average molecular weight is 169 g/mol. The summed E-state index contributed by atoms with van der Waals surface area (Å²) in [6.45, 7) is 0. The zero-order chi connectivity index (χ0) is 3.54. The largest absolute Gasteiger partial charge is 0.0808 e. The standard InChI is InChI=1S/C5H6.Rh/c1-2-4-5-3-1;/h1-4H,5H2;. The summed E-state index contributed by atoms with van der Waals surface area (Å²) in [5.41, 5.74) is 0. The Morgan fingerprint density at radius 3 is 1.67 bits per heavy atom. The van der Waals surface area contributed by atoms with Crippen LogP contribution in [0.2, 0.25) is 0 Å². The van der Waals surface area contributed by atoms with E-state index in [1.54, 1.807) is 0 Å². The van der Waals surface area contributed by atoms with Gasteiger partial charge in [0.05, 0.1) is 0 Å². The molecule has 0 fully saturated rings. The van der Waals surface area contributed by atoms with Crippen LogP contribution in [0.3, 0.4) is 0 Å². The molecule has 0 heterocycles. The van der Waals surface area contributed by atoms with Gasteiger partial charge in [-0.05, 0) is 6.42 Å². The van der Waals surface area contributed by atoms with Gasteiger partial charge in [0.15, 0.2) is 0 Å². The maximum Gasteiger partial charge on any atom is 0 e. The molecular formula is C5H6Rh. The fourth-order valence-corrected chi connectivity index (χ4v) is 0.393. The molecule has 0 bridgehead atoms. The van der Waals surface area contributed by atoms with E-state index in [-0.39, 0.29) is 19.5 Å². The van der Waals surface area contributed by atoms with Crippen LogP contribution in [0.1, 0.15) is 6.42 Å². The molecule has 1 aliphatic rings. The Balaban J connectivity index is 0.000000250. The molecule has 0 saturated carbocycles. The van der Waals surface area contributed by atoms with Gasteiger partial charge in [0.2, 0.25) is 0 Å². The SMILES string of the molecule is C1=CCC=C1.[Rh]. The summed E-state index contributed by atoms with van der Waals surface area (Å²) in [5, 5.41) is 0. The van der Waals surface area contributed by atoms with Crippen molar-refractivity contribution in [1.29, 1.82) is 0 Å². The predicted molar refractivity (Wildman–Crippen MR) is 22.9 cm³/mol. The third kappa shape index (κ3) is 1.52. The first kappa shape index (κ1) is 6.10. The molecule has 1 radical (unpaired) electrons. The quantitative estimate of drug-likeness (QED) is 0.482. The van der Waals surface area contributed by atoms with Crippen LogP contribution in [0, 0.1) is 0 Å². The van der Waals surface area contributed by atoms with Crippen LogP contribution in [0.15, 0.2) is 24.3 Å². The van der Waals surface area contributed by atoms with E-state index in [1.165, 1.54) is 0 Å². The Morgan fingerprint density at radius 1 is 1.00 bits per heavy atom. The number of allylic oxidation sites excluding steroid dienone is 4. The monoisotopic (exact) mass is 169 g/mol. The summed E-state index contributed by atoms with van der Waals surface area (Å²) in [7, 11) is 0. The second kappa shape index (κ2) is 3.30. The van der Waals surface area contributed by atoms with Gasteiger partial charge in [-0.3, -0.25) is 0 Å². The van der Waals surface area contributed by atoms with E-state index in [0.29, 0.717) is 0 Å². The van der Waals surface area contributed by atoms with Crippen LogP contribution in [0.4, 0.5) is 0 Å². The first-order chi connectivity index (χ1) is 2.50. The number of hydrogen-bond acceptors (Lipinski definition) is 0. The maximum absolute atomic E-state index is 2.12. The summed E-state index contributed by atoms with van der Waals surface area (Å²) in [6, 6.07) is 0. The first-order valence-corrected chi connectivity index (χ1v) is 1.82. The van der Waals surface area contributed by atoms with Gasteiger partial charge < -0.3 is 0 Å². The van der Waals surface area contributed by atoms with E-state index in [2.05, 4.69) is 24.3 Å². The second-order valence-electron chi connectivity index (χ2n) is 1.09. The molecule has 0 atom stereocenters. The summed E-state index contributed by atoms with van der Waals surface area (Å²) in [4.78, 5) is 0. The normalized spacial score (nSPS) is 14.7. The van der Waals surface area contributed by atoms with Gasteiger partial charge in [0.1, 0.15) is 0 Å².